The molecule has 0 saturated carbocycles. The maximum atomic E-state index is 13.7. The van der Waals surface area contributed by atoms with Gasteiger partial charge in [-0.1, -0.05) is 32.0 Å². The number of esters is 1. The number of benzene rings is 1. The van der Waals surface area contributed by atoms with Crippen LogP contribution in [0.5, 0.6) is 0 Å². The first-order valence-electron chi connectivity index (χ1n) is 6.50. The predicted octanol–water partition coefficient (Wildman–Crippen LogP) is 2.65. The van der Waals surface area contributed by atoms with Crippen molar-refractivity contribution in [2.75, 3.05) is 20.2 Å². The van der Waals surface area contributed by atoms with E-state index in [1.807, 2.05) is 26.0 Å². The average Bonchev–Trinajstić information content (AvgIpc) is 2.38. The highest BCUT2D eigenvalue weighted by Gasteiger charge is 2.23. The quantitative estimate of drug-likeness (QED) is 0.609. The zero-order valence-electron chi connectivity index (χ0n) is 11.8. The van der Waals surface area contributed by atoms with Crippen LogP contribution in [0.2, 0.25) is 0 Å². The Bertz CT molecular complexity index is 418. The molecule has 0 saturated heterocycles. The van der Waals surface area contributed by atoms with Crippen LogP contribution >= 0.6 is 0 Å². The molecule has 19 heavy (non-hydrogen) atoms. The third kappa shape index (κ3) is 4.99. The van der Waals surface area contributed by atoms with E-state index in [1.165, 1.54) is 13.2 Å². The van der Waals surface area contributed by atoms with E-state index in [0.717, 1.165) is 6.42 Å². The molecule has 0 aliphatic heterocycles. The minimum Gasteiger partial charge on any atom is -0.469 e. The standard InChI is InChI=1S/C15H22FNO2/c1-15(2,12-7-4-5-8-13(12)16)11-17-10-6-9-14(18)19-3/h4-5,7-8,17H,6,9-11H2,1-3H3. The Kier molecular flexibility index (Phi) is 5.96. The fourth-order valence-electron chi connectivity index (χ4n) is 1.97. The molecule has 1 rings (SSSR count). The molecule has 4 heteroatoms. The summed E-state index contributed by atoms with van der Waals surface area (Å²) in [5, 5.41) is 3.26. The summed E-state index contributed by atoms with van der Waals surface area (Å²) in [5.74, 6) is -0.376. The molecule has 0 aromatic heterocycles. The van der Waals surface area contributed by atoms with E-state index in [1.54, 1.807) is 6.07 Å². The van der Waals surface area contributed by atoms with Gasteiger partial charge in [-0.05, 0) is 24.6 Å². The first-order valence-corrected chi connectivity index (χ1v) is 6.50. The molecular weight excluding hydrogens is 245 g/mol. The van der Waals surface area contributed by atoms with Gasteiger partial charge < -0.3 is 10.1 Å². The molecule has 0 aliphatic rings. The van der Waals surface area contributed by atoms with Crippen molar-refractivity contribution in [2.24, 2.45) is 0 Å². The molecule has 1 aromatic carbocycles. The molecular formula is C15H22FNO2. The van der Waals surface area contributed by atoms with Crippen molar-refractivity contribution >= 4 is 5.97 Å². The minimum atomic E-state index is -0.281. The Hall–Kier alpha value is -1.42. The van der Waals surface area contributed by atoms with E-state index in [-0.39, 0.29) is 17.2 Å². The molecule has 0 bridgehead atoms. The van der Waals surface area contributed by atoms with Gasteiger partial charge in [-0.2, -0.15) is 0 Å². The van der Waals surface area contributed by atoms with Gasteiger partial charge in [-0.15, -0.1) is 0 Å². The number of halogens is 1. The zero-order valence-corrected chi connectivity index (χ0v) is 11.8. The number of methoxy groups -OCH3 is 1. The van der Waals surface area contributed by atoms with E-state index >= 15 is 0 Å². The highest BCUT2D eigenvalue weighted by Crippen LogP contribution is 2.24. The first-order chi connectivity index (χ1) is 8.97. The Morgan fingerprint density at radius 3 is 2.68 bits per heavy atom. The summed E-state index contributed by atoms with van der Waals surface area (Å²) >= 11 is 0. The number of nitrogens with one attached hydrogen (secondary N) is 1. The normalized spacial score (nSPS) is 11.4. The first kappa shape index (κ1) is 15.6. The van der Waals surface area contributed by atoms with Gasteiger partial charge in [-0.25, -0.2) is 4.39 Å². The topological polar surface area (TPSA) is 38.3 Å². The van der Waals surface area contributed by atoms with Crippen LogP contribution in [0.15, 0.2) is 24.3 Å². The van der Waals surface area contributed by atoms with Gasteiger partial charge >= 0.3 is 5.97 Å². The molecule has 3 nitrogen and oxygen atoms in total. The van der Waals surface area contributed by atoms with Gasteiger partial charge in [0.05, 0.1) is 7.11 Å². The Balaban J connectivity index is 2.39. The number of carbonyl (C=O) groups excluding carboxylic acids is 1. The van der Waals surface area contributed by atoms with Gasteiger partial charge in [0.25, 0.3) is 0 Å². The van der Waals surface area contributed by atoms with Crippen molar-refractivity contribution in [3.05, 3.63) is 35.6 Å². The smallest absolute Gasteiger partial charge is 0.305 e. The molecule has 0 radical (unpaired) electrons. The summed E-state index contributed by atoms with van der Waals surface area (Å²) in [6, 6.07) is 6.83. The Morgan fingerprint density at radius 2 is 2.05 bits per heavy atom. The lowest BCUT2D eigenvalue weighted by molar-refractivity contribution is -0.140. The number of hydrogen-bond acceptors (Lipinski definition) is 3. The zero-order chi connectivity index (χ0) is 14.3. The van der Waals surface area contributed by atoms with Crippen molar-refractivity contribution in [3.8, 4) is 0 Å². The number of hydrogen-bond donors (Lipinski definition) is 1. The maximum Gasteiger partial charge on any atom is 0.305 e. The molecule has 0 aliphatic carbocycles. The van der Waals surface area contributed by atoms with Crippen molar-refractivity contribution in [1.29, 1.82) is 0 Å². The predicted molar refractivity (Wildman–Crippen MR) is 73.5 cm³/mol. The summed E-state index contributed by atoms with van der Waals surface area (Å²) < 4.78 is 18.3. The van der Waals surface area contributed by atoms with Crippen LogP contribution < -0.4 is 5.32 Å². The van der Waals surface area contributed by atoms with Gasteiger partial charge in [0, 0.05) is 18.4 Å². The van der Waals surface area contributed by atoms with Crippen molar-refractivity contribution < 1.29 is 13.9 Å². The number of rotatable bonds is 7. The lowest BCUT2D eigenvalue weighted by atomic mass is 9.84. The molecule has 0 heterocycles. The van der Waals surface area contributed by atoms with Gasteiger partial charge in [0.15, 0.2) is 0 Å². The molecule has 0 atom stereocenters. The van der Waals surface area contributed by atoms with Crippen LogP contribution in [0.1, 0.15) is 32.3 Å². The minimum absolute atomic E-state index is 0.177. The number of ether oxygens (including phenoxy) is 1. The largest absolute Gasteiger partial charge is 0.469 e. The fourth-order valence-corrected chi connectivity index (χ4v) is 1.97. The van der Waals surface area contributed by atoms with Crippen LogP contribution in [-0.2, 0) is 14.9 Å². The third-order valence-electron chi connectivity index (χ3n) is 3.13. The monoisotopic (exact) mass is 267 g/mol. The number of carbonyl (C=O) groups is 1. The van der Waals surface area contributed by atoms with Gasteiger partial charge in [0.1, 0.15) is 5.82 Å². The second-order valence-electron chi connectivity index (χ2n) is 5.22. The molecule has 106 valence electrons. The van der Waals surface area contributed by atoms with Crippen LogP contribution in [-0.4, -0.2) is 26.2 Å². The maximum absolute atomic E-state index is 13.7. The summed E-state index contributed by atoms with van der Waals surface area (Å²) in [4.78, 5) is 10.9. The molecule has 0 amide bonds. The fraction of sp³-hybridized carbons (Fsp3) is 0.533. The van der Waals surface area contributed by atoms with Crippen molar-refractivity contribution in [3.63, 3.8) is 0 Å². The van der Waals surface area contributed by atoms with E-state index < -0.39 is 0 Å². The van der Waals surface area contributed by atoms with Crippen molar-refractivity contribution in [1.82, 2.24) is 5.32 Å². The Morgan fingerprint density at radius 1 is 1.37 bits per heavy atom. The molecule has 1 aromatic rings. The second-order valence-corrected chi connectivity index (χ2v) is 5.22. The second kappa shape index (κ2) is 7.24. The van der Waals surface area contributed by atoms with Crippen LogP contribution in [0.25, 0.3) is 0 Å². The summed E-state index contributed by atoms with van der Waals surface area (Å²) in [6.07, 6.45) is 1.13. The van der Waals surface area contributed by atoms with E-state index in [9.17, 15) is 9.18 Å². The van der Waals surface area contributed by atoms with E-state index in [2.05, 4.69) is 10.1 Å². The summed E-state index contributed by atoms with van der Waals surface area (Å²) in [7, 11) is 1.39. The van der Waals surface area contributed by atoms with Gasteiger partial charge in [-0.3, -0.25) is 4.79 Å². The van der Waals surface area contributed by atoms with Gasteiger partial charge in [0.2, 0.25) is 0 Å². The Labute approximate surface area is 114 Å². The van der Waals surface area contributed by atoms with E-state index in [0.29, 0.717) is 25.1 Å². The molecule has 1 N–H and O–H groups in total. The third-order valence-corrected chi connectivity index (χ3v) is 3.13. The lowest BCUT2D eigenvalue weighted by Gasteiger charge is -2.26. The molecule has 0 unspecified atom stereocenters. The van der Waals surface area contributed by atoms with Crippen molar-refractivity contribution in [2.45, 2.75) is 32.1 Å². The SMILES string of the molecule is COC(=O)CCCNCC(C)(C)c1ccccc1F. The average molecular weight is 267 g/mol. The molecule has 0 spiro atoms. The molecule has 0 fully saturated rings. The van der Waals surface area contributed by atoms with E-state index in [4.69, 9.17) is 0 Å². The highest BCUT2D eigenvalue weighted by atomic mass is 19.1. The summed E-state index contributed by atoms with van der Waals surface area (Å²) in [5.41, 5.74) is 0.423. The summed E-state index contributed by atoms with van der Waals surface area (Å²) in [6.45, 7) is 5.37. The lowest BCUT2D eigenvalue weighted by Crippen LogP contribution is -2.34. The highest BCUT2D eigenvalue weighted by molar-refractivity contribution is 5.69. The van der Waals surface area contributed by atoms with Crippen LogP contribution in [0.4, 0.5) is 4.39 Å². The van der Waals surface area contributed by atoms with Crippen LogP contribution in [0, 0.1) is 5.82 Å². The van der Waals surface area contributed by atoms with Crippen LogP contribution in [0.3, 0.4) is 0 Å².